The second-order valence-electron chi connectivity index (χ2n) is 9.77. The van der Waals surface area contributed by atoms with Crippen LogP contribution in [0, 0.1) is 23.0 Å². The van der Waals surface area contributed by atoms with Gasteiger partial charge in [-0.15, -0.1) is 0 Å². The fraction of sp³-hybridized carbons (Fsp3) is 0.129. The highest BCUT2D eigenvalue weighted by atomic mass is 16.7. The fourth-order valence-electron chi connectivity index (χ4n) is 5.12. The standard InChI is InChI=1S/C31H23N3O7/c1-19-7-11-22(12-8-19)32-29(35)26-27(20-9-17-25(18-10-20)40-31(37)21-5-3-2-4-6-21)33(41-28(26)30(32)36)23-13-15-24(16-14-23)34(38)39/h2-18,26-28H,1H3/t26-,27+,28-/m1/s1. The van der Waals surface area contributed by atoms with E-state index in [1.165, 1.54) is 29.3 Å². The van der Waals surface area contributed by atoms with Gasteiger partial charge in [-0.2, -0.15) is 0 Å². The molecule has 0 radical (unpaired) electrons. The summed E-state index contributed by atoms with van der Waals surface area (Å²) in [5, 5.41) is 12.6. The highest BCUT2D eigenvalue weighted by Crippen LogP contribution is 2.48. The van der Waals surface area contributed by atoms with Gasteiger partial charge >= 0.3 is 5.97 Å². The summed E-state index contributed by atoms with van der Waals surface area (Å²) in [6.45, 7) is 1.91. The van der Waals surface area contributed by atoms with E-state index in [2.05, 4.69) is 0 Å². The Morgan fingerprint density at radius 1 is 0.829 bits per heavy atom. The molecule has 4 aromatic rings. The molecule has 2 heterocycles. The third-order valence-corrected chi connectivity index (χ3v) is 7.16. The Balaban J connectivity index is 1.34. The van der Waals surface area contributed by atoms with Crippen LogP contribution in [-0.4, -0.2) is 28.8 Å². The molecule has 2 saturated heterocycles. The van der Waals surface area contributed by atoms with Gasteiger partial charge in [0.1, 0.15) is 11.7 Å². The molecule has 0 bridgehead atoms. The Morgan fingerprint density at radius 2 is 1.46 bits per heavy atom. The van der Waals surface area contributed by atoms with Gasteiger partial charge in [-0.05, 0) is 61.0 Å². The summed E-state index contributed by atoms with van der Waals surface area (Å²) in [5.74, 6) is -2.02. The molecule has 2 fully saturated rings. The van der Waals surface area contributed by atoms with Gasteiger partial charge in [0, 0.05) is 12.1 Å². The Morgan fingerprint density at radius 3 is 2.10 bits per heavy atom. The van der Waals surface area contributed by atoms with Crippen LogP contribution in [0.15, 0.2) is 103 Å². The second-order valence-corrected chi connectivity index (χ2v) is 9.77. The van der Waals surface area contributed by atoms with Crippen molar-refractivity contribution in [3.63, 3.8) is 0 Å². The smallest absolute Gasteiger partial charge is 0.343 e. The minimum Gasteiger partial charge on any atom is -0.423 e. The van der Waals surface area contributed by atoms with Crippen molar-refractivity contribution in [2.45, 2.75) is 19.1 Å². The number of imide groups is 1. The van der Waals surface area contributed by atoms with Crippen LogP contribution >= 0.6 is 0 Å². The monoisotopic (exact) mass is 549 g/mol. The molecular weight excluding hydrogens is 526 g/mol. The lowest BCUT2D eigenvalue weighted by Crippen LogP contribution is -2.37. The maximum atomic E-state index is 13.8. The number of carbonyl (C=O) groups is 3. The Labute approximate surface area is 234 Å². The van der Waals surface area contributed by atoms with E-state index in [1.54, 1.807) is 66.7 Å². The molecule has 2 amide bonds. The molecule has 41 heavy (non-hydrogen) atoms. The zero-order chi connectivity index (χ0) is 28.7. The number of ether oxygens (including phenoxy) is 1. The average Bonchev–Trinajstić information content (AvgIpc) is 3.50. The van der Waals surface area contributed by atoms with Gasteiger partial charge in [0.15, 0.2) is 6.10 Å². The molecule has 4 aromatic carbocycles. The van der Waals surface area contributed by atoms with Gasteiger partial charge in [0.2, 0.25) is 5.91 Å². The van der Waals surface area contributed by atoms with Crippen LogP contribution in [0.5, 0.6) is 5.75 Å². The summed E-state index contributed by atoms with van der Waals surface area (Å²) < 4.78 is 5.50. The van der Waals surface area contributed by atoms with Crippen molar-refractivity contribution in [3.8, 4) is 5.75 Å². The number of anilines is 2. The van der Waals surface area contributed by atoms with Crippen LogP contribution in [0.3, 0.4) is 0 Å². The summed E-state index contributed by atoms with van der Waals surface area (Å²) in [6.07, 6.45) is -1.10. The number of nitro groups is 1. The largest absolute Gasteiger partial charge is 0.423 e. The highest BCUT2D eigenvalue weighted by molar-refractivity contribution is 6.23. The Bertz CT molecular complexity index is 1640. The molecule has 0 saturated carbocycles. The molecule has 0 unspecified atom stereocenters. The topological polar surface area (TPSA) is 119 Å². The number of hydroxylamine groups is 1. The van der Waals surface area contributed by atoms with Crippen molar-refractivity contribution in [3.05, 3.63) is 130 Å². The highest BCUT2D eigenvalue weighted by Gasteiger charge is 2.60. The molecule has 0 aromatic heterocycles. The van der Waals surface area contributed by atoms with Crippen LogP contribution in [0.25, 0.3) is 0 Å². The third-order valence-electron chi connectivity index (χ3n) is 7.16. The van der Waals surface area contributed by atoms with E-state index in [1.807, 2.05) is 19.1 Å². The molecule has 6 rings (SSSR count). The number of hydrogen-bond acceptors (Lipinski definition) is 8. The number of aryl methyl sites for hydroxylation is 1. The third kappa shape index (κ3) is 4.70. The van der Waals surface area contributed by atoms with Crippen LogP contribution in [0.2, 0.25) is 0 Å². The van der Waals surface area contributed by atoms with Gasteiger partial charge in [-0.3, -0.25) is 24.5 Å². The summed E-state index contributed by atoms with van der Waals surface area (Å²) >= 11 is 0. The molecule has 2 aliphatic heterocycles. The Hall–Kier alpha value is -5.35. The molecule has 204 valence electrons. The van der Waals surface area contributed by atoms with Crippen LogP contribution in [-0.2, 0) is 14.4 Å². The van der Waals surface area contributed by atoms with Crippen molar-refractivity contribution in [2.75, 3.05) is 9.96 Å². The predicted octanol–water partition coefficient (Wildman–Crippen LogP) is 5.17. The average molecular weight is 550 g/mol. The molecule has 3 atom stereocenters. The van der Waals surface area contributed by atoms with E-state index in [9.17, 15) is 24.5 Å². The number of nitrogens with zero attached hydrogens (tertiary/aromatic N) is 3. The summed E-state index contributed by atoms with van der Waals surface area (Å²) in [6, 6.07) is 27.2. The van der Waals surface area contributed by atoms with Crippen molar-refractivity contribution >= 4 is 34.8 Å². The molecule has 10 nitrogen and oxygen atoms in total. The molecule has 10 heteroatoms. The first-order valence-corrected chi connectivity index (χ1v) is 12.8. The molecule has 0 spiro atoms. The summed E-state index contributed by atoms with van der Waals surface area (Å²) in [7, 11) is 0. The van der Waals surface area contributed by atoms with Crippen molar-refractivity contribution < 1.29 is 28.9 Å². The summed E-state index contributed by atoms with van der Waals surface area (Å²) in [5.41, 5.74) is 2.80. The van der Waals surface area contributed by atoms with Gasteiger partial charge in [0.05, 0.1) is 27.9 Å². The number of fused-ring (bicyclic) bond motifs is 1. The van der Waals surface area contributed by atoms with Crippen molar-refractivity contribution in [2.24, 2.45) is 5.92 Å². The van der Waals surface area contributed by atoms with E-state index >= 15 is 0 Å². The zero-order valence-corrected chi connectivity index (χ0v) is 21.7. The van der Waals surface area contributed by atoms with E-state index in [4.69, 9.17) is 9.57 Å². The van der Waals surface area contributed by atoms with Gasteiger partial charge in [-0.1, -0.05) is 48.0 Å². The SMILES string of the molecule is Cc1ccc(N2C(=O)[C@H]3[C@@H](ON(c4ccc([N+](=O)[O-])cc4)[C@H]3c3ccc(OC(=O)c4ccccc4)cc3)C2=O)cc1. The summed E-state index contributed by atoms with van der Waals surface area (Å²) in [4.78, 5) is 57.7. The Kier molecular flexibility index (Phi) is 6.52. The second kappa shape index (κ2) is 10.3. The van der Waals surface area contributed by atoms with Crippen molar-refractivity contribution in [1.82, 2.24) is 0 Å². The number of rotatable bonds is 6. The molecule has 0 N–H and O–H groups in total. The first-order valence-electron chi connectivity index (χ1n) is 12.8. The molecular formula is C31H23N3O7. The lowest BCUT2D eigenvalue weighted by molar-refractivity contribution is -0.384. The lowest BCUT2D eigenvalue weighted by Gasteiger charge is -2.28. The predicted molar refractivity (Wildman–Crippen MR) is 148 cm³/mol. The van der Waals surface area contributed by atoms with Gasteiger partial charge in [-0.25, -0.2) is 14.8 Å². The number of carbonyl (C=O) groups excluding carboxylic acids is 3. The number of hydrogen-bond donors (Lipinski definition) is 0. The lowest BCUT2D eigenvalue weighted by atomic mass is 9.90. The number of amides is 2. The van der Waals surface area contributed by atoms with Crippen LogP contribution in [0.4, 0.5) is 17.1 Å². The minimum absolute atomic E-state index is 0.105. The first-order chi connectivity index (χ1) is 19.8. The van der Waals surface area contributed by atoms with Gasteiger partial charge in [0.25, 0.3) is 11.6 Å². The van der Waals surface area contributed by atoms with E-state index < -0.39 is 40.8 Å². The number of non-ortho nitro benzene ring substituents is 1. The van der Waals surface area contributed by atoms with E-state index in [-0.39, 0.29) is 5.69 Å². The first kappa shape index (κ1) is 25.9. The number of esters is 1. The zero-order valence-electron chi connectivity index (χ0n) is 21.7. The van der Waals surface area contributed by atoms with Crippen LogP contribution < -0.4 is 14.7 Å². The quantitative estimate of drug-likeness (QED) is 0.106. The van der Waals surface area contributed by atoms with E-state index in [0.29, 0.717) is 28.3 Å². The maximum Gasteiger partial charge on any atom is 0.343 e. The molecule has 0 aliphatic carbocycles. The van der Waals surface area contributed by atoms with E-state index in [0.717, 1.165) is 10.5 Å². The van der Waals surface area contributed by atoms with Crippen molar-refractivity contribution in [1.29, 1.82) is 0 Å². The normalized spacial score (nSPS) is 19.8. The van der Waals surface area contributed by atoms with Crippen LogP contribution in [0.1, 0.15) is 27.5 Å². The number of nitro benzene ring substituents is 1. The fourth-order valence-corrected chi connectivity index (χ4v) is 5.12. The maximum absolute atomic E-state index is 13.8. The minimum atomic E-state index is -1.10. The van der Waals surface area contributed by atoms with Gasteiger partial charge < -0.3 is 4.74 Å². The molecule has 2 aliphatic rings. The number of benzene rings is 4.